The molecule has 2 aromatic rings. The lowest BCUT2D eigenvalue weighted by Gasteiger charge is -2.21. The van der Waals surface area contributed by atoms with Crippen molar-refractivity contribution in [2.45, 2.75) is 13.8 Å². The number of benzene rings is 1. The van der Waals surface area contributed by atoms with Crippen LogP contribution < -0.4 is 4.90 Å². The number of rotatable bonds is 3. The lowest BCUT2D eigenvalue weighted by Crippen LogP contribution is -2.23. The fourth-order valence-corrected chi connectivity index (χ4v) is 1.92. The number of hydrogen-bond donors (Lipinski definition) is 1. The SMILES string of the molecule is CCN(CC)c1nccc2ccc(O)cc12. The highest BCUT2D eigenvalue weighted by Crippen LogP contribution is 2.27. The Bertz CT molecular complexity index is 492. The molecule has 0 spiro atoms. The highest BCUT2D eigenvalue weighted by Gasteiger charge is 2.08. The molecular formula is C13H16N2O. The molecule has 0 amide bonds. The number of phenolic OH excluding ortho intramolecular Hbond substituents is 1. The predicted molar refractivity (Wildman–Crippen MR) is 67.0 cm³/mol. The lowest BCUT2D eigenvalue weighted by molar-refractivity contribution is 0.476. The summed E-state index contributed by atoms with van der Waals surface area (Å²) in [5.74, 6) is 1.23. The van der Waals surface area contributed by atoms with Gasteiger partial charge < -0.3 is 10.0 Å². The molecule has 0 aliphatic heterocycles. The van der Waals surface area contributed by atoms with E-state index in [0.717, 1.165) is 29.7 Å². The van der Waals surface area contributed by atoms with Gasteiger partial charge >= 0.3 is 0 Å². The molecule has 1 N–H and O–H groups in total. The second kappa shape index (κ2) is 4.39. The van der Waals surface area contributed by atoms with Crippen LogP contribution in [0.1, 0.15) is 13.8 Å². The minimum atomic E-state index is 0.286. The smallest absolute Gasteiger partial charge is 0.136 e. The first kappa shape index (κ1) is 10.7. The summed E-state index contributed by atoms with van der Waals surface area (Å²) in [6, 6.07) is 7.35. The van der Waals surface area contributed by atoms with E-state index in [2.05, 4.69) is 23.7 Å². The highest BCUT2D eigenvalue weighted by molar-refractivity contribution is 5.93. The average molecular weight is 216 g/mol. The van der Waals surface area contributed by atoms with Crippen LogP contribution in [-0.4, -0.2) is 23.2 Å². The van der Waals surface area contributed by atoms with Gasteiger partial charge in [0.25, 0.3) is 0 Å². The number of aromatic hydroxyl groups is 1. The molecule has 1 heterocycles. The van der Waals surface area contributed by atoms with E-state index in [1.54, 1.807) is 12.1 Å². The zero-order chi connectivity index (χ0) is 11.5. The zero-order valence-electron chi connectivity index (χ0n) is 9.64. The molecule has 3 nitrogen and oxygen atoms in total. The molecule has 1 aromatic heterocycles. The van der Waals surface area contributed by atoms with E-state index in [0.29, 0.717) is 0 Å². The summed E-state index contributed by atoms with van der Waals surface area (Å²) >= 11 is 0. The van der Waals surface area contributed by atoms with Crippen molar-refractivity contribution in [1.82, 2.24) is 4.98 Å². The summed E-state index contributed by atoms with van der Waals surface area (Å²) in [5, 5.41) is 11.6. The summed E-state index contributed by atoms with van der Waals surface area (Å²) in [7, 11) is 0. The molecule has 0 radical (unpaired) electrons. The standard InChI is InChI=1S/C13H16N2O/c1-3-15(4-2)13-12-9-11(16)6-5-10(12)7-8-14-13/h5-9,16H,3-4H2,1-2H3. The minimum absolute atomic E-state index is 0.286. The van der Waals surface area contributed by atoms with Crippen molar-refractivity contribution in [2.75, 3.05) is 18.0 Å². The van der Waals surface area contributed by atoms with Crippen molar-refractivity contribution >= 4 is 16.6 Å². The van der Waals surface area contributed by atoms with Gasteiger partial charge in [-0.25, -0.2) is 4.98 Å². The Balaban J connectivity index is 2.64. The Morgan fingerprint density at radius 2 is 1.94 bits per heavy atom. The van der Waals surface area contributed by atoms with Crippen molar-refractivity contribution in [3.05, 3.63) is 30.5 Å². The maximum atomic E-state index is 9.54. The third kappa shape index (κ3) is 1.81. The van der Waals surface area contributed by atoms with Crippen molar-refractivity contribution in [2.24, 2.45) is 0 Å². The number of phenols is 1. The van der Waals surface area contributed by atoms with Gasteiger partial charge in [-0.1, -0.05) is 6.07 Å². The van der Waals surface area contributed by atoms with E-state index >= 15 is 0 Å². The number of anilines is 1. The van der Waals surface area contributed by atoms with Gasteiger partial charge in [0.2, 0.25) is 0 Å². The largest absolute Gasteiger partial charge is 0.508 e. The Hall–Kier alpha value is -1.77. The Labute approximate surface area is 95.3 Å². The van der Waals surface area contributed by atoms with Gasteiger partial charge in [0.15, 0.2) is 0 Å². The topological polar surface area (TPSA) is 36.4 Å². The van der Waals surface area contributed by atoms with E-state index in [1.165, 1.54) is 0 Å². The highest BCUT2D eigenvalue weighted by atomic mass is 16.3. The van der Waals surface area contributed by atoms with Crippen molar-refractivity contribution < 1.29 is 5.11 Å². The normalized spacial score (nSPS) is 10.6. The molecule has 0 aliphatic carbocycles. The van der Waals surface area contributed by atoms with Gasteiger partial charge in [0.05, 0.1) is 0 Å². The molecule has 0 fully saturated rings. The molecule has 0 saturated carbocycles. The van der Waals surface area contributed by atoms with Crippen LogP contribution in [0.2, 0.25) is 0 Å². The van der Waals surface area contributed by atoms with Crippen LogP contribution in [-0.2, 0) is 0 Å². The molecule has 3 heteroatoms. The Kier molecular flexibility index (Phi) is 2.95. The lowest BCUT2D eigenvalue weighted by atomic mass is 10.1. The van der Waals surface area contributed by atoms with Gasteiger partial charge in [-0.2, -0.15) is 0 Å². The monoisotopic (exact) mass is 216 g/mol. The third-order valence-corrected chi connectivity index (χ3v) is 2.79. The number of nitrogens with zero attached hydrogens (tertiary/aromatic N) is 2. The molecule has 84 valence electrons. The van der Waals surface area contributed by atoms with E-state index in [9.17, 15) is 5.11 Å². The fraction of sp³-hybridized carbons (Fsp3) is 0.308. The Morgan fingerprint density at radius 3 is 2.62 bits per heavy atom. The quantitative estimate of drug-likeness (QED) is 0.857. The van der Waals surface area contributed by atoms with E-state index in [1.807, 2.05) is 18.3 Å². The van der Waals surface area contributed by atoms with E-state index in [4.69, 9.17) is 0 Å². The first-order valence-corrected chi connectivity index (χ1v) is 5.59. The molecule has 16 heavy (non-hydrogen) atoms. The fourth-order valence-electron chi connectivity index (χ4n) is 1.92. The maximum Gasteiger partial charge on any atom is 0.136 e. The van der Waals surface area contributed by atoms with Crippen LogP contribution in [0.4, 0.5) is 5.82 Å². The van der Waals surface area contributed by atoms with E-state index in [-0.39, 0.29) is 5.75 Å². The third-order valence-electron chi connectivity index (χ3n) is 2.79. The second-order valence-electron chi connectivity index (χ2n) is 3.71. The molecule has 0 saturated heterocycles. The predicted octanol–water partition coefficient (Wildman–Crippen LogP) is 2.79. The van der Waals surface area contributed by atoms with E-state index < -0.39 is 0 Å². The molecule has 0 bridgehead atoms. The van der Waals surface area contributed by atoms with Crippen LogP contribution in [0, 0.1) is 0 Å². The van der Waals surface area contributed by atoms with Crippen LogP contribution in [0.5, 0.6) is 5.75 Å². The van der Waals surface area contributed by atoms with Gasteiger partial charge in [0, 0.05) is 24.7 Å². The van der Waals surface area contributed by atoms with Crippen LogP contribution in [0.3, 0.4) is 0 Å². The first-order valence-electron chi connectivity index (χ1n) is 5.59. The van der Waals surface area contributed by atoms with Gasteiger partial charge in [0.1, 0.15) is 11.6 Å². The van der Waals surface area contributed by atoms with Crippen molar-refractivity contribution in [1.29, 1.82) is 0 Å². The molecular weight excluding hydrogens is 200 g/mol. The van der Waals surface area contributed by atoms with Crippen molar-refractivity contribution in [3.63, 3.8) is 0 Å². The summed E-state index contributed by atoms with van der Waals surface area (Å²) in [6.07, 6.45) is 1.81. The number of aromatic nitrogens is 1. The average Bonchev–Trinajstić information content (AvgIpc) is 2.31. The summed E-state index contributed by atoms with van der Waals surface area (Å²) in [6.45, 7) is 6.04. The van der Waals surface area contributed by atoms with Crippen molar-refractivity contribution in [3.8, 4) is 5.75 Å². The molecule has 1 aromatic carbocycles. The number of pyridine rings is 1. The van der Waals surface area contributed by atoms with Crippen LogP contribution in [0.15, 0.2) is 30.5 Å². The van der Waals surface area contributed by atoms with Gasteiger partial charge in [-0.15, -0.1) is 0 Å². The molecule has 2 rings (SSSR count). The Morgan fingerprint density at radius 1 is 1.19 bits per heavy atom. The summed E-state index contributed by atoms with van der Waals surface area (Å²) in [4.78, 5) is 6.59. The van der Waals surface area contributed by atoms with Crippen LogP contribution in [0.25, 0.3) is 10.8 Å². The van der Waals surface area contributed by atoms with Gasteiger partial charge in [-0.05, 0) is 37.4 Å². The molecule has 0 atom stereocenters. The maximum absolute atomic E-state index is 9.54. The summed E-state index contributed by atoms with van der Waals surface area (Å²) < 4.78 is 0. The minimum Gasteiger partial charge on any atom is -0.508 e. The zero-order valence-corrected chi connectivity index (χ0v) is 9.64. The summed E-state index contributed by atoms with van der Waals surface area (Å²) in [5.41, 5.74) is 0. The second-order valence-corrected chi connectivity index (χ2v) is 3.71. The number of hydrogen-bond acceptors (Lipinski definition) is 3. The molecule has 0 aliphatic rings. The van der Waals surface area contributed by atoms with Crippen LogP contribution >= 0.6 is 0 Å². The number of fused-ring (bicyclic) bond motifs is 1. The molecule has 0 unspecified atom stereocenters. The van der Waals surface area contributed by atoms with Gasteiger partial charge in [-0.3, -0.25) is 0 Å². The first-order chi connectivity index (χ1) is 7.76.